The second kappa shape index (κ2) is 7.26. The van der Waals surface area contributed by atoms with Crippen molar-refractivity contribution in [3.05, 3.63) is 17.0 Å². The summed E-state index contributed by atoms with van der Waals surface area (Å²) in [5, 5.41) is 0.541. The molecular formula is C15H20F3N3S. The predicted molar refractivity (Wildman–Crippen MR) is 85.4 cm³/mol. The molecular weight excluding hydrogens is 311 g/mol. The Hall–Kier alpha value is -1.37. The number of alkyl halides is 3. The van der Waals surface area contributed by atoms with Crippen molar-refractivity contribution < 1.29 is 13.2 Å². The lowest BCUT2D eigenvalue weighted by molar-refractivity contribution is -0.126. The van der Waals surface area contributed by atoms with E-state index in [-0.39, 0.29) is 4.88 Å². The van der Waals surface area contributed by atoms with Crippen LogP contribution in [0.1, 0.15) is 37.5 Å². The normalized spacial score (nSPS) is 17.6. The molecule has 3 nitrogen and oxygen atoms in total. The van der Waals surface area contributed by atoms with E-state index >= 15 is 0 Å². The predicted octanol–water partition coefficient (Wildman–Crippen LogP) is 4.81. The van der Waals surface area contributed by atoms with E-state index in [0.717, 1.165) is 17.2 Å². The zero-order chi connectivity index (χ0) is 16.2. The minimum absolute atomic E-state index is 0.267. The number of halogens is 3. The van der Waals surface area contributed by atoms with Crippen molar-refractivity contribution in [2.75, 3.05) is 7.05 Å². The van der Waals surface area contributed by atoms with Gasteiger partial charge in [-0.3, -0.25) is 0 Å². The van der Waals surface area contributed by atoms with Crippen molar-refractivity contribution in [2.24, 2.45) is 9.98 Å². The van der Waals surface area contributed by atoms with Gasteiger partial charge in [-0.2, -0.15) is 13.2 Å². The number of hydrogen-bond acceptors (Lipinski definition) is 2. The number of rotatable bonds is 4. The second-order valence-corrected chi connectivity index (χ2v) is 6.65. The third-order valence-electron chi connectivity index (χ3n) is 3.83. The minimum atomic E-state index is -4.18. The van der Waals surface area contributed by atoms with E-state index in [1.807, 2.05) is 14.0 Å². The lowest BCUT2D eigenvalue weighted by Crippen LogP contribution is -2.33. The van der Waals surface area contributed by atoms with Gasteiger partial charge in [0.1, 0.15) is 17.2 Å². The zero-order valence-corrected chi connectivity index (χ0v) is 13.5. The van der Waals surface area contributed by atoms with Crippen LogP contribution in [-0.4, -0.2) is 36.3 Å². The molecule has 1 aromatic heterocycles. The molecule has 0 aliphatic heterocycles. The van der Waals surface area contributed by atoms with Gasteiger partial charge in [0.05, 0.1) is 6.42 Å². The monoisotopic (exact) mass is 331 g/mol. The van der Waals surface area contributed by atoms with E-state index in [1.165, 1.54) is 38.1 Å². The summed E-state index contributed by atoms with van der Waals surface area (Å²) in [6.07, 6.45) is 1.23. The van der Waals surface area contributed by atoms with Crippen LogP contribution in [0.3, 0.4) is 0 Å². The Kier molecular flexibility index (Phi) is 5.61. The van der Waals surface area contributed by atoms with Crippen molar-refractivity contribution in [3.8, 4) is 0 Å². The first-order valence-corrected chi connectivity index (χ1v) is 8.12. The Bertz CT molecular complexity index is 542. The van der Waals surface area contributed by atoms with Crippen LogP contribution in [0.2, 0.25) is 0 Å². The fourth-order valence-electron chi connectivity index (χ4n) is 2.54. The molecule has 1 aromatic rings. The lowest BCUT2D eigenvalue weighted by Gasteiger charge is -2.25. The molecule has 2 rings (SSSR count). The van der Waals surface area contributed by atoms with Gasteiger partial charge in [0.15, 0.2) is 0 Å². The third-order valence-corrected chi connectivity index (χ3v) is 4.83. The molecule has 7 heteroatoms. The quantitative estimate of drug-likeness (QED) is 0.575. The number of thiophene rings is 1. The maximum Gasteiger partial charge on any atom is 0.393 e. The number of hydrogen-bond donors (Lipinski definition) is 0. The van der Waals surface area contributed by atoms with Gasteiger partial charge in [-0.1, -0.05) is 12.8 Å². The molecule has 0 spiro atoms. The van der Waals surface area contributed by atoms with Gasteiger partial charge >= 0.3 is 6.18 Å². The van der Waals surface area contributed by atoms with Crippen LogP contribution in [0.4, 0.5) is 18.2 Å². The highest BCUT2D eigenvalue weighted by atomic mass is 32.1. The van der Waals surface area contributed by atoms with Crippen molar-refractivity contribution >= 4 is 28.5 Å². The molecule has 0 saturated heterocycles. The van der Waals surface area contributed by atoms with Gasteiger partial charge in [0.2, 0.25) is 0 Å². The molecule has 1 saturated carbocycles. The largest absolute Gasteiger partial charge is 0.393 e. The summed E-state index contributed by atoms with van der Waals surface area (Å²) in [5.74, 6) is 0.878. The van der Waals surface area contributed by atoms with Gasteiger partial charge in [0, 0.05) is 18.0 Å². The molecule has 1 fully saturated rings. The average molecular weight is 331 g/mol. The van der Waals surface area contributed by atoms with Crippen molar-refractivity contribution in [1.29, 1.82) is 0 Å². The first-order chi connectivity index (χ1) is 10.3. The van der Waals surface area contributed by atoms with E-state index < -0.39 is 12.6 Å². The highest BCUT2D eigenvalue weighted by Crippen LogP contribution is 2.30. The lowest BCUT2D eigenvalue weighted by atomic mass is 10.2. The Balaban J connectivity index is 1.92. The van der Waals surface area contributed by atoms with Crippen molar-refractivity contribution in [3.63, 3.8) is 0 Å². The van der Waals surface area contributed by atoms with Crippen LogP contribution in [0, 0.1) is 0 Å². The summed E-state index contributed by atoms with van der Waals surface area (Å²) in [7, 11) is 2.02. The Morgan fingerprint density at radius 1 is 1.36 bits per heavy atom. The van der Waals surface area contributed by atoms with E-state index in [9.17, 15) is 13.2 Å². The highest BCUT2D eigenvalue weighted by Gasteiger charge is 2.28. The Morgan fingerprint density at radius 2 is 2.05 bits per heavy atom. The average Bonchev–Trinajstić information content (AvgIpc) is 3.07. The third kappa shape index (κ3) is 5.12. The molecule has 0 radical (unpaired) electrons. The molecule has 0 atom stereocenters. The molecule has 1 aliphatic rings. The molecule has 0 aromatic carbocycles. The van der Waals surface area contributed by atoms with Crippen LogP contribution in [-0.2, 0) is 6.42 Å². The Labute approximate surface area is 132 Å². The Morgan fingerprint density at radius 3 is 2.68 bits per heavy atom. The van der Waals surface area contributed by atoms with Crippen LogP contribution in [0.25, 0.3) is 0 Å². The summed E-state index contributed by atoms with van der Waals surface area (Å²) in [6, 6.07) is 3.59. The number of aliphatic imine (C=N–C) groups is 2. The smallest absolute Gasteiger partial charge is 0.360 e. The van der Waals surface area contributed by atoms with E-state index in [0.29, 0.717) is 11.0 Å². The van der Waals surface area contributed by atoms with E-state index in [1.54, 1.807) is 6.07 Å². The van der Waals surface area contributed by atoms with Gasteiger partial charge in [-0.25, -0.2) is 9.98 Å². The van der Waals surface area contributed by atoms with Crippen molar-refractivity contribution in [2.45, 2.75) is 51.2 Å². The standard InChI is InChI=1S/C15H20F3N3S/c1-11(21(2)12-5-3-4-6-12)19-10-20-14-8-7-13(22-14)9-15(16,17)18/h7-8,10,12H,3-6,9H2,1-2H3/b19-11+,20-10-. The summed E-state index contributed by atoms with van der Waals surface area (Å²) < 4.78 is 36.9. The molecule has 0 bridgehead atoms. The zero-order valence-electron chi connectivity index (χ0n) is 12.7. The summed E-state index contributed by atoms with van der Waals surface area (Å²) in [5.41, 5.74) is 0. The van der Waals surface area contributed by atoms with Gasteiger partial charge in [-0.15, -0.1) is 11.3 Å². The van der Waals surface area contributed by atoms with Gasteiger partial charge in [-0.05, 0) is 31.9 Å². The first kappa shape index (κ1) is 17.0. The SMILES string of the molecule is C/C(=N\C=N/c1ccc(CC(F)(F)F)s1)N(C)C1CCCC1. The van der Waals surface area contributed by atoms with Crippen LogP contribution >= 0.6 is 11.3 Å². The van der Waals surface area contributed by atoms with Crippen LogP contribution in [0.15, 0.2) is 22.1 Å². The van der Waals surface area contributed by atoms with Crippen molar-refractivity contribution in [1.82, 2.24) is 4.90 Å². The molecule has 0 N–H and O–H groups in total. The summed E-state index contributed by atoms with van der Waals surface area (Å²) in [6.45, 7) is 1.92. The number of nitrogens with zero attached hydrogens (tertiary/aromatic N) is 3. The molecule has 22 heavy (non-hydrogen) atoms. The highest BCUT2D eigenvalue weighted by molar-refractivity contribution is 7.15. The minimum Gasteiger partial charge on any atom is -0.360 e. The molecule has 1 heterocycles. The number of amidine groups is 1. The fourth-order valence-corrected chi connectivity index (χ4v) is 3.42. The first-order valence-electron chi connectivity index (χ1n) is 7.30. The maximum atomic E-state index is 12.3. The van der Waals surface area contributed by atoms with E-state index in [2.05, 4.69) is 14.9 Å². The van der Waals surface area contributed by atoms with Gasteiger partial charge < -0.3 is 4.90 Å². The fraction of sp³-hybridized carbons (Fsp3) is 0.600. The maximum absolute atomic E-state index is 12.3. The molecule has 0 amide bonds. The van der Waals surface area contributed by atoms with E-state index in [4.69, 9.17) is 0 Å². The topological polar surface area (TPSA) is 28.0 Å². The van der Waals surface area contributed by atoms with Crippen LogP contribution in [0.5, 0.6) is 0 Å². The summed E-state index contributed by atoms with van der Waals surface area (Å²) in [4.78, 5) is 10.8. The van der Waals surface area contributed by atoms with Gasteiger partial charge in [0.25, 0.3) is 0 Å². The molecule has 122 valence electrons. The summed E-state index contributed by atoms with van der Waals surface area (Å²) >= 11 is 1.04. The van der Waals surface area contributed by atoms with Crippen LogP contribution < -0.4 is 0 Å². The molecule has 0 unspecified atom stereocenters. The molecule has 1 aliphatic carbocycles. The second-order valence-electron chi connectivity index (χ2n) is 5.50.